The number of nitrogens with zero attached hydrogens (tertiary/aromatic N) is 1. The van der Waals surface area contributed by atoms with E-state index >= 15 is 0 Å². The molecule has 0 spiro atoms. The summed E-state index contributed by atoms with van der Waals surface area (Å²) in [6.07, 6.45) is 9.70. The Kier molecular flexibility index (Phi) is 5.68. The third-order valence-corrected chi connectivity index (χ3v) is 6.70. The summed E-state index contributed by atoms with van der Waals surface area (Å²) in [4.78, 5) is 15.4. The van der Waals surface area contributed by atoms with Gasteiger partial charge in [-0.1, -0.05) is 35.9 Å². The summed E-state index contributed by atoms with van der Waals surface area (Å²) in [5.41, 5.74) is 3.97. The summed E-state index contributed by atoms with van der Waals surface area (Å²) < 4.78 is 5.99. The maximum Gasteiger partial charge on any atom is 0.310 e. The summed E-state index contributed by atoms with van der Waals surface area (Å²) in [5, 5.41) is 0. The first kappa shape index (κ1) is 18.7. The highest BCUT2D eigenvalue weighted by molar-refractivity contribution is 5.79. The molecular formula is C24H33NO2. The lowest BCUT2D eigenvalue weighted by atomic mass is 9.86. The Morgan fingerprint density at radius 2 is 1.74 bits per heavy atom. The van der Waals surface area contributed by atoms with Crippen molar-refractivity contribution in [2.75, 3.05) is 0 Å². The van der Waals surface area contributed by atoms with Gasteiger partial charge in [-0.3, -0.25) is 9.69 Å². The summed E-state index contributed by atoms with van der Waals surface area (Å²) in [5.74, 6) is -0.0114. The second-order valence-corrected chi connectivity index (χ2v) is 8.84. The Hall–Kier alpha value is -1.61. The Bertz CT molecular complexity index is 680. The molecule has 3 aliphatic rings. The van der Waals surface area contributed by atoms with E-state index in [-0.39, 0.29) is 12.1 Å². The highest BCUT2D eigenvalue weighted by Crippen LogP contribution is 2.39. The maximum absolute atomic E-state index is 12.7. The monoisotopic (exact) mass is 367 g/mol. The molecule has 0 aromatic heterocycles. The maximum atomic E-state index is 12.7. The van der Waals surface area contributed by atoms with E-state index in [9.17, 15) is 4.79 Å². The topological polar surface area (TPSA) is 29.5 Å². The van der Waals surface area contributed by atoms with E-state index in [1.165, 1.54) is 42.4 Å². The van der Waals surface area contributed by atoms with E-state index in [2.05, 4.69) is 49.1 Å². The number of piperidine rings is 1. The van der Waals surface area contributed by atoms with Crippen molar-refractivity contribution in [3.63, 3.8) is 0 Å². The van der Waals surface area contributed by atoms with E-state index < -0.39 is 0 Å². The SMILES string of the molecule is CC(C)N1[C@@H]2CC[C@H]1CC(OC(=O)CC1=C(c3ccccc3)CCCC1)C2. The van der Waals surface area contributed by atoms with Crippen molar-refractivity contribution >= 4 is 11.5 Å². The minimum atomic E-state index is -0.0114. The number of benzene rings is 1. The van der Waals surface area contributed by atoms with Crippen LogP contribution in [0.2, 0.25) is 0 Å². The summed E-state index contributed by atoms with van der Waals surface area (Å²) >= 11 is 0. The normalized spacial score (nSPS) is 28.6. The third kappa shape index (κ3) is 4.13. The van der Waals surface area contributed by atoms with Gasteiger partial charge in [0, 0.05) is 31.0 Å². The zero-order valence-corrected chi connectivity index (χ0v) is 16.8. The fourth-order valence-corrected chi connectivity index (χ4v) is 5.66. The van der Waals surface area contributed by atoms with Crippen molar-refractivity contribution in [2.45, 2.75) is 95.9 Å². The molecular weight excluding hydrogens is 334 g/mol. The second-order valence-electron chi connectivity index (χ2n) is 8.84. The average Bonchev–Trinajstić information content (AvgIpc) is 2.94. The average molecular weight is 368 g/mol. The van der Waals surface area contributed by atoms with E-state index in [1.807, 2.05) is 0 Å². The first-order valence-electron chi connectivity index (χ1n) is 10.8. The fourth-order valence-electron chi connectivity index (χ4n) is 5.66. The van der Waals surface area contributed by atoms with Gasteiger partial charge in [0.25, 0.3) is 0 Å². The van der Waals surface area contributed by atoms with Crippen molar-refractivity contribution in [1.29, 1.82) is 0 Å². The first-order valence-corrected chi connectivity index (χ1v) is 10.8. The molecule has 2 saturated heterocycles. The number of fused-ring (bicyclic) bond motifs is 2. The van der Waals surface area contributed by atoms with Gasteiger partial charge < -0.3 is 4.74 Å². The number of rotatable bonds is 5. The fraction of sp³-hybridized carbons (Fsp3) is 0.625. The van der Waals surface area contributed by atoms with Gasteiger partial charge in [-0.15, -0.1) is 0 Å². The van der Waals surface area contributed by atoms with Gasteiger partial charge in [-0.2, -0.15) is 0 Å². The van der Waals surface area contributed by atoms with Crippen LogP contribution in [0, 0.1) is 0 Å². The zero-order valence-electron chi connectivity index (χ0n) is 16.8. The molecule has 0 saturated carbocycles. The number of ether oxygens (including phenoxy) is 1. The summed E-state index contributed by atoms with van der Waals surface area (Å²) in [6.45, 7) is 4.58. The molecule has 2 fully saturated rings. The molecule has 27 heavy (non-hydrogen) atoms. The number of carbonyl (C=O) groups excluding carboxylic acids is 1. The number of esters is 1. The molecule has 4 rings (SSSR count). The summed E-state index contributed by atoms with van der Waals surface area (Å²) in [7, 11) is 0. The van der Waals surface area contributed by atoms with Crippen LogP contribution in [0.1, 0.15) is 77.2 Å². The van der Waals surface area contributed by atoms with E-state index in [4.69, 9.17) is 4.74 Å². The number of hydrogen-bond donors (Lipinski definition) is 0. The van der Waals surface area contributed by atoms with Crippen molar-refractivity contribution in [1.82, 2.24) is 4.90 Å². The van der Waals surface area contributed by atoms with Gasteiger partial charge in [0.15, 0.2) is 0 Å². The molecule has 2 bridgehead atoms. The molecule has 1 aromatic carbocycles. The predicted molar refractivity (Wildman–Crippen MR) is 109 cm³/mol. The lowest BCUT2D eigenvalue weighted by Crippen LogP contribution is -2.49. The Labute approximate surface area is 163 Å². The quantitative estimate of drug-likeness (QED) is 0.657. The predicted octanol–water partition coefficient (Wildman–Crippen LogP) is 5.35. The lowest BCUT2D eigenvalue weighted by molar-refractivity contribution is -0.152. The Balaban J connectivity index is 1.40. The minimum absolute atomic E-state index is 0.0114. The van der Waals surface area contributed by atoms with Gasteiger partial charge in [0.2, 0.25) is 0 Å². The highest BCUT2D eigenvalue weighted by atomic mass is 16.5. The minimum Gasteiger partial charge on any atom is -0.462 e. The van der Waals surface area contributed by atoms with Crippen LogP contribution in [0.4, 0.5) is 0 Å². The van der Waals surface area contributed by atoms with Crippen LogP contribution < -0.4 is 0 Å². The second kappa shape index (κ2) is 8.18. The largest absolute Gasteiger partial charge is 0.462 e. The molecule has 0 N–H and O–H groups in total. The van der Waals surface area contributed by atoms with E-state index in [1.54, 1.807) is 0 Å². The van der Waals surface area contributed by atoms with E-state index in [0.717, 1.165) is 25.7 Å². The molecule has 2 aliphatic heterocycles. The van der Waals surface area contributed by atoms with Crippen LogP contribution in [0.5, 0.6) is 0 Å². The highest BCUT2D eigenvalue weighted by Gasteiger charge is 2.43. The van der Waals surface area contributed by atoms with Crippen LogP contribution in [0.3, 0.4) is 0 Å². The molecule has 2 heterocycles. The molecule has 146 valence electrons. The standard InChI is InChI=1S/C24H33NO2/c1-17(2)25-20-12-13-21(25)16-22(15-20)27-24(26)14-19-10-6-7-11-23(19)18-8-4-3-5-9-18/h3-5,8-9,17,20-22H,6-7,10-16H2,1-2H3/t20-,21+,22?. The molecule has 1 aromatic rings. The molecule has 0 radical (unpaired) electrons. The van der Waals surface area contributed by atoms with Crippen LogP contribution in [-0.2, 0) is 9.53 Å². The van der Waals surface area contributed by atoms with Crippen LogP contribution in [0.15, 0.2) is 35.9 Å². The van der Waals surface area contributed by atoms with Crippen LogP contribution in [-0.4, -0.2) is 35.1 Å². The molecule has 0 amide bonds. The van der Waals surface area contributed by atoms with Gasteiger partial charge >= 0.3 is 5.97 Å². The Morgan fingerprint density at radius 1 is 1.07 bits per heavy atom. The van der Waals surface area contributed by atoms with Gasteiger partial charge in [0.1, 0.15) is 6.10 Å². The Morgan fingerprint density at radius 3 is 2.41 bits per heavy atom. The molecule has 1 unspecified atom stereocenters. The van der Waals surface area contributed by atoms with Gasteiger partial charge in [0.05, 0.1) is 6.42 Å². The van der Waals surface area contributed by atoms with Crippen LogP contribution in [0.25, 0.3) is 5.57 Å². The first-order chi connectivity index (χ1) is 13.1. The molecule has 1 aliphatic carbocycles. The third-order valence-electron chi connectivity index (χ3n) is 6.70. The van der Waals surface area contributed by atoms with Crippen molar-refractivity contribution in [3.8, 4) is 0 Å². The van der Waals surface area contributed by atoms with Gasteiger partial charge in [-0.25, -0.2) is 0 Å². The number of carbonyl (C=O) groups is 1. The van der Waals surface area contributed by atoms with Crippen LogP contribution >= 0.6 is 0 Å². The molecule has 3 atom stereocenters. The van der Waals surface area contributed by atoms with Gasteiger partial charge in [-0.05, 0) is 63.5 Å². The molecule has 3 heteroatoms. The summed E-state index contributed by atoms with van der Waals surface area (Å²) in [6, 6.07) is 12.4. The van der Waals surface area contributed by atoms with E-state index in [0.29, 0.717) is 24.5 Å². The number of allylic oxidation sites excluding steroid dienone is 1. The van der Waals surface area contributed by atoms with Crippen molar-refractivity contribution in [3.05, 3.63) is 41.5 Å². The smallest absolute Gasteiger partial charge is 0.310 e. The number of hydrogen-bond acceptors (Lipinski definition) is 3. The zero-order chi connectivity index (χ0) is 18.8. The lowest BCUT2D eigenvalue weighted by Gasteiger charge is -2.41. The van der Waals surface area contributed by atoms with Crippen molar-refractivity contribution in [2.24, 2.45) is 0 Å². The molecule has 3 nitrogen and oxygen atoms in total. The van der Waals surface area contributed by atoms with Crippen molar-refractivity contribution < 1.29 is 9.53 Å².